The normalized spacial score (nSPS) is 27.2. The number of rotatable bonds is 5. The Kier molecular flexibility index (Phi) is 4.93. The number of halogens is 1. The highest BCUT2D eigenvalue weighted by molar-refractivity contribution is 5.90. The van der Waals surface area contributed by atoms with E-state index in [0.29, 0.717) is 24.8 Å². The molecular weight excluding hydrogens is 435 g/mol. The fourth-order valence-electron chi connectivity index (χ4n) is 5.01. The lowest BCUT2D eigenvalue weighted by Crippen LogP contribution is -2.56. The van der Waals surface area contributed by atoms with Gasteiger partial charge in [-0.25, -0.2) is 8.91 Å². The number of nitrogens with one attached hydrogen (secondary N) is 1. The number of benzene rings is 1. The summed E-state index contributed by atoms with van der Waals surface area (Å²) >= 11 is 0. The summed E-state index contributed by atoms with van der Waals surface area (Å²) in [6.45, 7) is 4.71. The first-order chi connectivity index (χ1) is 16.4. The van der Waals surface area contributed by atoms with Gasteiger partial charge in [-0.05, 0) is 50.1 Å². The van der Waals surface area contributed by atoms with E-state index in [4.69, 9.17) is 9.47 Å². The Labute approximate surface area is 196 Å². The van der Waals surface area contributed by atoms with E-state index in [9.17, 15) is 0 Å². The summed E-state index contributed by atoms with van der Waals surface area (Å²) in [5, 5.41) is 8.91. The van der Waals surface area contributed by atoms with E-state index in [2.05, 4.69) is 31.3 Å². The highest BCUT2D eigenvalue weighted by Crippen LogP contribution is 2.36. The molecule has 2 fully saturated rings. The zero-order chi connectivity index (χ0) is 23.4. The number of fused-ring (bicyclic) bond motifs is 2. The number of epoxide rings is 1. The number of alkyl halides is 1. The number of hydrogen-bond acceptors (Lipinski definition) is 7. The molecule has 9 heteroatoms. The maximum Gasteiger partial charge on any atom is 0.244 e. The van der Waals surface area contributed by atoms with Crippen LogP contribution in [0.5, 0.6) is 5.88 Å². The lowest BCUT2D eigenvalue weighted by Gasteiger charge is -2.40. The summed E-state index contributed by atoms with van der Waals surface area (Å²) < 4.78 is 28.5. The van der Waals surface area contributed by atoms with Crippen LogP contribution in [-0.2, 0) is 4.74 Å². The van der Waals surface area contributed by atoms with Crippen LogP contribution in [0.2, 0.25) is 0 Å². The molecule has 0 spiro atoms. The molecule has 0 aliphatic carbocycles. The average molecular weight is 463 g/mol. The molecule has 1 aromatic carbocycles. The van der Waals surface area contributed by atoms with Gasteiger partial charge in [0.2, 0.25) is 11.8 Å². The number of ether oxygens (including phenoxy) is 2. The number of likely N-dealkylation sites (tertiary alicyclic amines) is 1. The molecule has 34 heavy (non-hydrogen) atoms. The topological polar surface area (TPSA) is 80.1 Å². The van der Waals surface area contributed by atoms with Crippen LogP contribution in [0, 0.1) is 0 Å². The summed E-state index contributed by atoms with van der Waals surface area (Å²) in [5.41, 5.74) is 2.22. The Morgan fingerprint density at radius 1 is 1.26 bits per heavy atom. The van der Waals surface area contributed by atoms with Gasteiger partial charge in [0.25, 0.3) is 0 Å². The molecule has 3 aromatic heterocycles. The van der Waals surface area contributed by atoms with E-state index in [1.54, 1.807) is 24.7 Å². The second kappa shape index (κ2) is 7.89. The Morgan fingerprint density at radius 2 is 2.12 bits per heavy atom. The van der Waals surface area contributed by atoms with E-state index in [1.165, 1.54) is 0 Å². The summed E-state index contributed by atoms with van der Waals surface area (Å²) in [6, 6.07) is 11.7. The van der Waals surface area contributed by atoms with Crippen molar-refractivity contribution >= 4 is 22.4 Å². The van der Waals surface area contributed by atoms with Crippen molar-refractivity contribution in [3.63, 3.8) is 0 Å². The molecule has 4 unspecified atom stereocenters. The molecule has 176 valence electrons. The van der Waals surface area contributed by atoms with Crippen molar-refractivity contribution < 1.29 is 13.9 Å². The minimum absolute atomic E-state index is 0.0351. The predicted octanol–water partition coefficient (Wildman–Crippen LogP) is 3.91. The number of aromatic nitrogens is 4. The monoisotopic (exact) mass is 462 g/mol. The van der Waals surface area contributed by atoms with Crippen LogP contribution in [0.25, 0.3) is 27.5 Å². The van der Waals surface area contributed by atoms with Gasteiger partial charge in [0.1, 0.15) is 17.4 Å². The zero-order valence-electron chi connectivity index (χ0n) is 19.4. The first-order valence-electron chi connectivity index (χ1n) is 11.6. The average Bonchev–Trinajstić information content (AvgIpc) is 3.41. The summed E-state index contributed by atoms with van der Waals surface area (Å²) in [7, 11) is 1.59. The minimum Gasteiger partial charge on any atom is -0.479 e. The van der Waals surface area contributed by atoms with E-state index in [0.717, 1.165) is 34.1 Å². The third-order valence-electron chi connectivity index (χ3n) is 6.87. The zero-order valence-corrected chi connectivity index (χ0v) is 19.4. The van der Waals surface area contributed by atoms with Gasteiger partial charge in [-0.15, -0.1) is 5.10 Å². The lowest BCUT2D eigenvalue weighted by atomic mass is 9.90. The lowest BCUT2D eigenvalue weighted by molar-refractivity contribution is 0.0235. The van der Waals surface area contributed by atoms with Crippen LogP contribution >= 0.6 is 0 Å². The van der Waals surface area contributed by atoms with Gasteiger partial charge >= 0.3 is 0 Å². The molecule has 4 atom stereocenters. The first-order valence-corrected chi connectivity index (χ1v) is 11.6. The van der Waals surface area contributed by atoms with Crippen molar-refractivity contribution in [3.05, 3.63) is 48.8 Å². The highest BCUT2D eigenvalue weighted by atomic mass is 19.1. The fraction of sp³-hybridized carbons (Fsp3) is 0.400. The minimum atomic E-state index is -1.45. The molecule has 1 N–H and O–H groups in total. The third-order valence-corrected chi connectivity index (χ3v) is 6.87. The van der Waals surface area contributed by atoms with Crippen molar-refractivity contribution in [3.8, 4) is 17.0 Å². The quantitative estimate of drug-likeness (QED) is 0.451. The number of hydrogen-bond donors (Lipinski definition) is 1. The smallest absolute Gasteiger partial charge is 0.244 e. The van der Waals surface area contributed by atoms with Gasteiger partial charge in [0.05, 0.1) is 24.8 Å². The van der Waals surface area contributed by atoms with Crippen molar-refractivity contribution in [1.82, 2.24) is 24.5 Å². The maximum absolute atomic E-state index is 15.6. The number of nitrogens with zero attached hydrogens (tertiary/aromatic N) is 5. The molecule has 5 heterocycles. The van der Waals surface area contributed by atoms with Crippen molar-refractivity contribution in [2.24, 2.45) is 0 Å². The van der Waals surface area contributed by atoms with Gasteiger partial charge in [-0.2, -0.15) is 4.98 Å². The molecule has 4 aromatic rings. The molecule has 0 bridgehead atoms. The van der Waals surface area contributed by atoms with Crippen LogP contribution in [0.3, 0.4) is 0 Å². The predicted molar refractivity (Wildman–Crippen MR) is 128 cm³/mol. The van der Waals surface area contributed by atoms with Gasteiger partial charge in [-0.1, -0.05) is 12.1 Å². The summed E-state index contributed by atoms with van der Waals surface area (Å²) in [6.07, 6.45) is 4.50. The van der Waals surface area contributed by atoms with Gasteiger partial charge in [0.15, 0.2) is 0 Å². The van der Waals surface area contributed by atoms with E-state index in [-0.39, 0.29) is 12.3 Å². The maximum atomic E-state index is 15.6. The summed E-state index contributed by atoms with van der Waals surface area (Å²) in [5.74, 6) is 0.773. The number of methoxy groups -OCH3 is 1. The van der Waals surface area contributed by atoms with Crippen LogP contribution in [0.1, 0.15) is 20.3 Å². The molecule has 2 aliphatic heterocycles. The first kappa shape index (κ1) is 21.2. The third kappa shape index (κ3) is 3.65. The Bertz CT molecular complexity index is 1370. The number of piperidine rings is 1. The van der Waals surface area contributed by atoms with E-state index in [1.807, 2.05) is 43.5 Å². The second-order valence-corrected chi connectivity index (χ2v) is 9.34. The Balaban J connectivity index is 1.30. The molecule has 6 rings (SSSR count). The molecule has 0 amide bonds. The van der Waals surface area contributed by atoms with Crippen LogP contribution in [0.15, 0.2) is 48.8 Å². The Hall–Kier alpha value is -3.30. The molecular formula is C25H27FN6O2. The SMILES string of the molecule is COc1nc(NC2CCN(C3OC3C)CC2(C)F)nn2ccc(-c3ccc4ncccc4c3)c12. The summed E-state index contributed by atoms with van der Waals surface area (Å²) in [4.78, 5) is 11.1. The second-order valence-electron chi connectivity index (χ2n) is 9.34. The standard InChI is InChI=1S/C25H27FN6O2/c1-15-23(34-15)31-11-9-20(25(2,26)14-31)28-24-29-22(33-3)21-18(8-12-32(21)30-24)16-6-7-19-17(13-16)5-4-10-27-19/h4-8,10,12-13,15,20,23H,9,11,14H2,1-3H3,(H,28,30). The molecule has 0 saturated carbocycles. The van der Waals surface area contributed by atoms with Crippen LogP contribution < -0.4 is 10.1 Å². The van der Waals surface area contributed by atoms with Crippen LogP contribution in [0.4, 0.5) is 10.3 Å². The largest absolute Gasteiger partial charge is 0.479 e. The van der Waals surface area contributed by atoms with E-state index < -0.39 is 11.7 Å². The fourth-order valence-corrected chi connectivity index (χ4v) is 5.01. The van der Waals surface area contributed by atoms with Gasteiger partial charge in [-0.3, -0.25) is 9.88 Å². The van der Waals surface area contributed by atoms with Crippen LogP contribution in [-0.4, -0.2) is 68.7 Å². The molecule has 2 saturated heterocycles. The van der Waals surface area contributed by atoms with Crippen molar-refractivity contribution in [2.75, 3.05) is 25.5 Å². The molecule has 0 radical (unpaired) electrons. The molecule has 2 aliphatic rings. The van der Waals surface area contributed by atoms with Crippen molar-refractivity contribution in [1.29, 1.82) is 0 Å². The number of pyridine rings is 1. The Morgan fingerprint density at radius 3 is 2.88 bits per heavy atom. The highest BCUT2D eigenvalue weighted by Gasteiger charge is 2.48. The van der Waals surface area contributed by atoms with Gasteiger partial charge < -0.3 is 14.8 Å². The van der Waals surface area contributed by atoms with Crippen molar-refractivity contribution in [2.45, 2.75) is 44.3 Å². The van der Waals surface area contributed by atoms with E-state index >= 15 is 4.39 Å². The van der Waals surface area contributed by atoms with Gasteiger partial charge in [0, 0.05) is 36.4 Å². The molecule has 8 nitrogen and oxygen atoms in total. The number of anilines is 1.